The summed E-state index contributed by atoms with van der Waals surface area (Å²) >= 11 is 2.19. The van der Waals surface area contributed by atoms with Gasteiger partial charge in [0.15, 0.2) is 0 Å². The van der Waals surface area contributed by atoms with Crippen molar-refractivity contribution >= 4 is 122 Å². The van der Waals surface area contributed by atoms with Crippen LogP contribution in [0.4, 0.5) is 4.79 Å². The van der Waals surface area contributed by atoms with Crippen molar-refractivity contribution in [1.82, 2.24) is 42.5 Å². The third kappa shape index (κ3) is 42.8. The van der Waals surface area contributed by atoms with Crippen molar-refractivity contribution in [3.63, 3.8) is 0 Å². The molecule has 0 aliphatic heterocycles. The van der Waals surface area contributed by atoms with Crippen LogP contribution in [0.3, 0.4) is 0 Å². The average Bonchev–Trinajstić information content (AvgIpc) is 0.834. The molecule has 8 N–H and O–H groups in total. The lowest BCUT2D eigenvalue weighted by Gasteiger charge is -2.29. The maximum Gasteiger partial charge on any atom is 0.329 e. The second kappa shape index (κ2) is 49.2. The monoisotopic (exact) mass is 1780 g/mol. The number of hydrogen-bond acceptors (Lipinski definition) is 22. The Balaban J connectivity index is 1.47. The lowest BCUT2D eigenvalue weighted by Crippen LogP contribution is -2.53. The number of benzene rings is 3. The molecule has 8 amide bonds. The van der Waals surface area contributed by atoms with Crippen molar-refractivity contribution in [3.8, 4) is 0 Å². The summed E-state index contributed by atoms with van der Waals surface area (Å²) in [5.74, 6) is -11.4. The molecular weight excluding hydrogens is 1650 g/mol. The van der Waals surface area contributed by atoms with Crippen molar-refractivity contribution in [1.29, 1.82) is 0 Å². The van der Waals surface area contributed by atoms with Gasteiger partial charge in [0.05, 0.1) is 26.4 Å². The van der Waals surface area contributed by atoms with Crippen molar-refractivity contribution in [3.05, 3.63) is 94.1 Å². The number of hydrogen-bond donors (Lipinski definition) is 8. The van der Waals surface area contributed by atoms with Crippen molar-refractivity contribution in [2.45, 2.75) is 309 Å². The molecule has 31 heteroatoms. The molecule has 0 saturated heterocycles. The molecule has 0 heterocycles. The van der Waals surface area contributed by atoms with Gasteiger partial charge in [0.1, 0.15) is 76.6 Å². The van der Waals surface area contributed by atoms with E-state index < -0.39 is 173 Å². The standard InChI is InChI=1S/C88H129IN8O22/c1-18-47-114-74(103)33-21-19-20-30-63(92-71(100)52-67(81(110)118-87(11,12)13)94-73(102)53-68(82(111)119-88(14,15)16)95-72(101)51-66(80(109)117-86(8,9)10)93-70(99)32-26-27-55-37-42-62(89)43-38-55)77(106)91-54-56-34-40-59(41-35-56)69(98)50-61(49-57-36-39-58-28-22-23-29-60(58)48-57)76(105)90-46-25-24-31-64(78(107)113-17)96-83(112)97-65(79(108)116-85(5,6)7)44-45-75(104)115-84(2,3)4/h18,22-23,28-29,36-39,42-43,48,56,59,61,63-68H,1,19-21,24-27,30-35,40-41,44-47,49-54H2,2-17H3,(H,90,105)(H,91,106)(H,92,100)(H,93,99)(H,94,102)(H,95,101)(H2,96,97,112). The number of ether oxygens (including phenoxy) is 7. The van der Waals surface area contributed by atoms with E-state index in [1.54, 1.807) is 104 Å². The lowest BCUT2D eigenvalue weighted by atomic mass is 9.77. The van der Waals surface area contributed by atoms with Crippen LogP contribution >= 0.6 is 22.6 Å². The summed E-state index contributed by atoms with van der Waals surface area (Å²) in [6.45, 7) is 28.1. The molecule has 1 aliphatic rings. The molecule has 7 unspecified atom stereocenters. The van der Waals surface area contributed by atoms with Gasteiger partial charge in [-0.1, -0.05) is 80.1 Å². The average molecular weight is 1780 g/mol. The SMILES string of the molecule is C=CCOC(=O)CCCCCC(NC(=O)CC(NC(=O)CC(NC(=O)CC(NC(=O)CCCc1ccc(I)cc1)C(=O)OC(C)(C)C)C(=O)OC(C)(C)C)C(=O)OC(C)(C)C)C(=O)NCC1CCC(C(=O)CC(Cc2ccc3ccccc3c2)C(=O)NCCCCC(NC(=O)NC(CCC(=O)OC(C)(C)C)C(=O)OC(C)(C)C)C(=O)OC)CC1. The van der Waals surface area contributed by atoms with E-state index in [-0.39, 0.29) is 88.7 Å². The summed E-state index contributed by atoms with van der Waals surface area (Å²) in [6.07, 6.45) is 3.83. The van der Waals surface area contributed by atoms with E-state index in [4.69, 9.17) is 33.2 Å². The van der Waals surface area contributed by atoms with Gasteiger partial charge in [-0.25, -0.2) is 28.8 Å². The molecule has 0 spiro atoms. The molecule has 4 rings (SSSR count). The number of esters is 7. The zero-order valence-electron chi connectivity index (χ0n) is 72.4. The smallest absolute Gasteiger partial charge is 0.329 e. The van der Waals surface area contributed by atoms with Crippen LogP contribution < -0.4 is 42.5 Å². The van der Waals surface area contributed by atoms with E-state index in [1.165, 1.54) is 6.08 Å². The lowest BCUT2D eigenvalue weighted by molar-refractivity contribution is -0.161. The second-order valence-corrected chi connectivity index (χ2v) is 36.4. The highest BCUT2D eigenvalue weighted by molar-refractivity contribution is 14.1. The van der Waals surface area contributed by atoms with Crippen LogP contribution in [0.5, 0.6) is 0 Å². The Kier molecular flexibility index (Phi) is 42.1. The number of carbonyl (C=O) groups is 15. The summed E-state index contributed by atoms with van der Waals surface area (Å²) < 4.78 is 38.9. The summed E-state index contributed by atoms with van der Waals surface area (Å²) in [6, 6.07) is 11.8. The van der Waals surface area contributed by atoms with E-state index in [1.807, 2.05) is 66.7 Å². The third-order valence-corrected chi connectivity index (χ3v) is 19.2. The van der Waals surface area contributed by atoms with Gasteiger partial charge in [0.25, 0.3) is 0 Å². The van der Waals surface area contributed by atoms with Gasteiger partial charge in [-0.05, 0) is 250 Å². The number of halogens is 1. The molecule has 0 bridgehead atoms. The number of aryl methyl sites for hydroxylation is 1. The van der Waals surface area contributed by atoms with Crippen LogP contribution in [0.15, 0.2) is 79.4 Å². The van der Waals surface area contributed by atoms with Crippen LogP contribution in [0, 0.1) is 21.3 Å². The number of methoxy groups -OCH3 is 1. The molecule has 119 heavy (non-hydrogen) atoms. The van der Waals surface area contributed by atoms with Crippen LogP contribution in [-0.4, -0.2) is 180 Å². The number of carbonyl (C=O) groups excluding carboxylic acids is 15. The number of nitrogens with one attached hydrogen (secondary N) is 8. The summed E-state index contributed by atoms with van der Waals surface area (Å²) in [5, 5.41) is 23.3. The number of fused-ring (bicyclic) bond motifs is 1. The Morgan fingerprint density at radius 3 is 1.43 bits per heavy atom. The summed E-state index contributed by atoms with van der Waals surface area (Å²) in [5.41, 5.74) is -3.21. The first-order valence-corrected chi connectivity index (χ1v) is 42.2. The predicted octanol–water partition coefficient (Wildman–Crippen LogP) is 10.3. The van der Waals surface area contributed by atoms with E-state index in [9.17, 15) is 71.9 Å². The first kappa shape index (κ1) is 102. The topological polar surface area (TPSA) is 417 Å². The summed E-state index contributed by atoms with van der Waals surface area (Å²) in [4.78, 5) is 205. The molecule has 7 atom stereocenters. The van der Waals surface area contributed by atoms with Crippen LogP contribution in [0.2, 0.25) is 0 Å². The molecule has 0 radical (unpaired) electrons. The van der Waals surface area contributed by atoms with Gasteiger partial charge in [-0.2, -0.15) is 0 Å². The van der Waals surface area contributed by atoms with Gasteiger partial charge in [-0.3, -0.25) is 43.2 Å². The van der Waals surface area contributed by atoms with Crippen LogP contribution in [0.25, 0.3) is 10.8 Å². The molecule has 30 nitrogen and oxygen atoms in total. The molecule has 1 aliphatic carbocycles. The zero-order valence-corrected chi connectivity index (χ0v) is 74.5. The third-order valence-electron chi connectivity index (χ3n) is 18.5. The number of amides is 8. The molecular formula is C88H129IN8O22. The highest BCUT2D eigenvalue weighted by atomic mass is 127. The maximum atomic E-state index is 14.4. The second-order valence-electron chi connectivity index (χ2n) is 35.2. The normalized spacial score (nSPS) is 15.5. The quantitative estimate of drug-likeness (QED) is 0.00856. The molecule has 1 saturated carbocycles. The highest BCUT2D eigenvalue weighted by Crippen LogP contribution is 2.32. The predicted molar refractivity (Wildman–Crippen MR) is 454 cm³/mol. The number of urea groups is 1. The molecule has 3 aromatic carbocycles. The largest absolute Gasteiger partial charge is 0.467 e. The van der Waals surface area contributed by atoms with E-state index in [0.29, 0.717) is 70.6 Å². The Morgan fingerprint density at radius 2 is 0.916 bits per heavy atom. The number of rotatable bonds is 46. The Morgan fingerprint density at radius 1 is 0.445 bits per heavy atom. The van der Waals surface area contributed by atoms with Crippen LogP contribution in [0.1, 0.15) is 243 Å². The Hall–Kier alpha value is -9.56. The fourth-order valence-electron chi connectivity index (χ4n) is 12.9. The molecule has 1 fully saturated rings. The maximum absolute atomic E-state index is 14.4. The van der Waals surface area contributed by atoms with Gasteiger partial charge in [0.2, 0.25) is 35.4 Å². The molecule has 3 aromatic rings. The minimum Gasteiger partial charge on any atom is -0.467 e. The summed E-state index contributed by atoms with van der Waals surface area (Å²) in [7, 11) is 1.16. The van der Waals surface area contributed by atoms with Crippen molar-refractivity contribution in [2.24, 2.45) is 17.8 Å². The van der Waals surface area contributed by atoms with Crippen molar-refractivity contribution in [2.75, 3.05) is 26.8 Å². The van der Waals surface area contributed by atoms with Crippen molar-refractivity contribution < 1.29 is 105 Å². The number of unbranched alkanes of at least 4 members (excludes halogenated alkanes) is 3. The minimum atomic E-state index is -1.75. The van der Waals surface area contributed by atoms with Crippen LogP contribution in [-0.2, 0) is 113 Å². The number of ketones is 1. The zero-order chi connectivity index (χ0) is 89.0. The first-order chi connectivity index (χ1) is 55.6. The van der Waals surface area contributed by atoms with Gasteiger partial charge in [0, 0.05) is 54.2 Å². The number of Topliss-reactive ketones (excluding diaryl/α,β-unsaturated/α-hetero) is 1. The fourth-order valence-corrected chi connectivity index (χ4v) is 13.3. The van der Waals surface area contributed by atoms with Gasteiger partial charge in [-0.15, -0.1) is 0 Å². The molecule has 0 aromatic heterocycles. The first-order valence-electron chi connectivity index (χ1n) is 41.1. The molecule has 660 valence electrons. The van der Waals surface area contributed by atoms with E-state index in [2.05, 4.69) is 71.7 Å². The minimum absolute atomic E-state index is 0.00799. The highest BCUT2D eigenvalue weighted by Gasteiger charge is 2.38. The van der Waals surface area contributed by atoms with E-state index in [0.717, 1.165) is 32.6 Å². The van der Waals surface area contributed by atoms with Gasteiger partial charge >= 0.3 is 47.8 Å². The van der Waals surface area contributed by atoms with E-state index >= 15 is 0 Å². The Labute approximate surface area is 714 Å². The van der Waals surface area contributed by atoms with Gasteiger partial charge < -0.3 is 75.7 Å². The fraction of sp³-hybridized carbons (Fsp3) is 0.625. The Bertz CT molecular complexity index is 3940.